The molecular weight excluding hydrogens is 218 g/mol. The predicted octanol–water partition coefficient (Wildman–Crippen LogP) is 4.86. The molecule has 0 aromatic carbocycles. The van der Waals surface area contributed by atoms with Gasteiger partial charge in [0.15, 0.2) is 0 Å². The lowest BCUT2D eigenvalue weighted by atomic mass is 9.62. The molecule has 2 fully saturated rings. The molecule has 1 nitrogen and oxygen atoms in total. The summed E-state index contributed by atoms with van der Waals surface area (Å²) in [6.45, 7) is 15.7. The molecule has 1 heteroatoms. The summed E-state index contributed by atoms with van der Waals surface area (Å²) in [7, 11) is 0. The zero-order chi connectivity index (χ0) is 13.6. The van der Waals surface area contributed by atoms with Crippen LogP contribution in [-0.4, -0.2) is 23.0 Å². The van der Waals surface area contributed by atoms with Gasteiger partial charge in [-0.15, -0.1) is 0 Å². The van der Waals surface area contributed by atoms with Crippen LogP contribution in [0.4, 0.5) is 0 Å². The molecule has 0 aromatic heterocycles. The summed E-state index contributed by atoms with van der Waals surface area (Å²) in [6.07, 6.45) is 8.71. The molecule has 0 N–H and O–H groups in total. The molecule has 1 saturated carbocycles. The first kappa shape index (κ1) is 14.4. The van der Waals surface area contributed by atoms with E-state index in [0.29, 0.717) is 16.4 Å². The zero-order valence-electron chi connectivity index (χ0n) is 13.5. The molecule has 18 heavy (non-hydrogen) atoms. The van der Waals surface area contributed by atoms with Gasteiger partial charge in [-0.2, -0.15) is 0 Å². The van der Waals surface area contributed by atoms with Gasteiger partial charge in [0.2, 0.25) is 0 Å². The minimum absolute atomic E-state index is 0.332. The van der Waals surface area contributed by atoms with Gasteiger partial charge in [-0.3, -0.25) is 4.90 Å². The van der Waals surface area contributed by atoms with E-state index in [9.17, 15) is 0 Å². The van der Waals surface area contributed by atoms with Crippen LogP contribution in [-0.2, 0) is 0 Å². The van der Waals surface area contributed by atoms with Crippen molar-refractivity contribution < 1.29 is 0 Å². The van der Waals surface area contributed by atoms with Crippen LogP contribution in [0.15, 0.2) is 0 Å². The van der Waals surface area contributed by atoms with Gasteiger partial charge in [0.25, 0.3) is 0 Å². The van der Waals surface area contributed by atoms with E-state index in [4.69, 9.17) is 0 Å². The topological polar surface area (TPSA) is 3.24 Å². The summed E-state index contributed by atoms with van der Waals surface area (Å²) in [5.41, 5.74) is 1.50. The Balaban J connectivity index is 2.10. The number of nitrogens with zero attached hydrogens (tertiary/aromatic N) is 1. The van der Waals surface area contributed by atoms with Crippen molar-refractivity contribution in [3.63, 3.8) is 0 Å². The normalized spacial score (nSPS) is 29.3. The minimum Gasteiger partial charge on any atom is -0.295 e. The number of rotatable bonds is 1. The van der Waals surface area contributed by atoms with Crippen molar-refractivity contribution >= 4 is 0 Å². The summed E-state index contributed by atoms with van der Waals surface area (Å²) >= 11 is 0. The highest BCUT2D eigenvalue weighted by Crippen LogP contribution is 2.51. The molecule has 2 aliphatic rings. The van der Waals surface area contributed by atoms with E-state index in [0.717, 1.165) is 6.04 Å². The standard InChI is InChI=1S/C17H33N/c1-15(2,3)12-14-8-11-17(9-7-10-17)13-18(14)16(4,5)6/h14H,7-13H2,1-6H3. The molecule has 1 aliphatic heterocycles. The average Bonchev–Trinajstić information content (AvgIpc) is 2.11. The third kappa shape index (κ3) is 3.10. The Hall–Kier alpha value is -0.0400. The smallest absolute Gasteiger partial charge is 0.0128 e. The highest BCUT2D eigenvalue weighted by molar-refractivity contribution is 5.00. The second-order valence-corrected chi connectivity index (χ2v) is 9.11. The highest BCUT2D eigenvalue weighted by Gasteiger charge is 2.46. The van der Waals surface area contributed by atoms with Crippen LogP contribution in [0.1, 0.15) is 80.1 Å². The van der Waals surface area contributed by atoms with E-state index in [1.165, 1.54) is 45.1 Å². The lowest BCUT2D eigenvalue weighted by Gasteiger charge is -2.56. The molecule has 1 atom stereocenters. The molecule has 1 saturated heterocycles. The van der Waals surface area contributed by atoms with Crippen LogP contribution in [0.2, 0.25) is 0 Å². The van der Waals surface area contributed by atoms with E-state index in [2.05, 4.69) is 46.4 Å². The SMILES string of the molecule is CC(C)(C)CC1CCC2(CCC2)CN1C(C)(C)C. The van der Waals surface area contributed by atoms with Crippen LogP contribution in [0.5, 0.6) is 0 Å². The van der Waals surface area contributed by atoms with Crippen LogP contribution in [0, 0.1) is 10.8 Å². The van der Waals surface area contributed by atoms with Crippen molar-refractivity contribution in [3.05, 3.63) is 0 Å². The van der Waals surface area contributed by atoms with Crippen molar-refractivity contribution in [2.75, 3.05) is 6.54 Å². The second-order valence-electron chi connectivity index (χ2n) is 9.11. The number of hydrogen-bond donors (Lipinski definition) is 0. The molecule has 0 bridgehead atoms. The molecule has 1 aliphatic carbocycles. The van der Waals surface area contributed by atoms with Crippen molar-refractivity contribution in [2.24, 2.45) is 10.8 Å². The number of likely N-dealkylation sites (tertiary alicyclic amines) is 1. The molecule has 2 rings (SSSR count). The van der Waals surface area contributed by atoms with E-state index < -0.39 is 0 Å². The Kier molecular flexibility index (Phi) is 3.60. The molecular formula is C17H33N. The Labute approximate surface area is 114 Å². The number of piperidine rings is 1. The summed E-state index contributed by atoms with van der Waals surface area (Å²) in [4.78, 5) is 2.83. The van der Waals surface area contributed by atoms with Gasteiger partial charge >= 0.3 is 0 Å². The molecule has 1 unspecified atom stereocenters. The van der Waals surface area contributed by atoms with Crippen LogP contribution in [0.25, 0.3) is 0 Å². The summed E-state index contributed by atoms with van der Waals surface area (Å²) in [6, 6.07) is 0.802. The van der Waals surface area contributed by atoms with Gasteiger partial charge in [-0.25, -0.2) is 0 Å². The van der Waals surface area contributed by atoms with Gasteiger partial charge in [-0.1, -0.05) is 27.2 Å². The highest BCUT2D eigenvalue weighted by atomic mass is 15.2. The zero-order valence-corrected chi connectivity index (χ0v) is 13.5. The van der Waals surface area contributed by atoms with Gasteiger partial charge in [0.1, 0.15) is 0 Å². The first-order valence-electron chi connectivity index (χ1n) is 7.88. The van der Waals surface area contributed by atoms with E-state index in [1.54, 1.807) is 0 Å². The van der Waals surface area contributed by atoms with Crippen LogP contribution in [0.3, 0.4) is 0 Å². The fourth-order valence-corrected chi connectivity index (χ4v) is 3.99. The molecule has 0 aromatic rings. The Morgan fingerprint density at radius 3 is 2.00 bits per heavy atom. The molecule has 0 radical (unpaired) electrons. The van der Waals surface area contributed by atoms with Gasteiger partial charge < -0.3 is 0 Å². The second kappa shape index (κ2) is 4.51. The summed E-state index contributed by atoms with van der Waals surface area (Å²) in [5.74, 6) is 0. The fourth-order valence-electron chi connectivity index (χ4n) is 3.99. The lowest BCUT2D eigenvalue weighted by molar-refractivity contribution is -0.0640. The van der Waals surface area contributed by atoms with Gasteiger partial charge in [-0.05, 0) is 63.7 Å². The van der Waals surface area contributed by atoms with Crippen molar-refractivity contribution in [1.29, 1.82) is 0 Å². The lowest BCUT2D eigenvalue weighted by Crippen LogP contribution is -2.58. The summed E-state index contributed by atoms with van der Waals surface area (Å²) < 4.78 is 0. The maximum atomic E-state index is 2.83. The maximum Gasteiger partial charge on any atom is 0.0128 e. The van der Waals surface area contributed by atoms with Gasteiger partial charge in [0.05, 0.1) is 0 Å². The van der Waals surface area contributed by atoms with Crippen LogP contribution < -0.4 is 0 Å². The molecule has 1 spiro atoms. The minimum atomic E-state index is 0.332. The van der Waals surface area contributed by atoms with Crippen LogP contribution >= 0.6 is 0 Å². The third-order valence-corrected chi connectivity index (χ3v) is 5.08. The summed E-state index contributed by atoms with van der Waals surface area (Å²) in [5, 5.41) is 0. The first-order chi connectivity index (χ1) is 8.11. The monoisotopic (exact) mass is 251 g/mol. The van der Waals surface area contributed by atoms with Crippen molar-refractivity contribution in [2.45, 2.75) is 91.6 Å². The first-order valence-corrected chi connectivity index (χ1v) is 7.88. The Bertz CT molecular complexity index is 288. The van der Waals surface area contributed by atoms with E-state index in [-0.39, 0.29) is 0 Å². The van der Waals surface area contributed by atoms with E-state index in [1.807, 2.05) is 0 Å². The Morgan fingerprint density at radius 1 is 1.00 bits per heavy atom. The molecule has 106 valence electrons. The van der Waals surface area contributed by atoms with E-state index >= 15 is 0 Å². The molecule has 0 amide bonds. The quantitative estimate of drug-likeness (QED) is 0.643. The molecule has 1 heterocycles. The third-order valence-electron chi connectivity index (χ3n) is 5.08. The van der Waals surface area contributed by atoms with Gasteiger partial charge in [0, 0.05) is 18.1 Å². The maximum absolute atomic E-state index is 2.83. The predicted molar refractivity (Wildman–Crippen MR) is 79.8 cm³/mol. The number of hydrogen-bond acceptors (Lipinski definition) is 1. The largest absolute Gasteiger partial charge is 0.295 e. The van der Waals surface area contributed by atoms with Crippen molar-refractivity contribution in [3.8, 4) is 0 Å². The Morgan fingerprint density at radius 2 is 1.61 bits per heavy atom. The average molecular weight is 251 g/mol. The fraction of sp³-hybridized carbons (Fsp3) is 1.00. The van der Waals surface area contributed by atoms with Crippen molar-refractivity contribution in [1.82, 2.24) is 4.90 Å².